The van der Waals surface area contributed by atoms with Gasteiger partial charge in [0.2, 0.25) is 0 Å². The average Bonchev–Trinajstić information content (AvgIpc) is 2.79. The number of hydrogen-bond donors (Lipinski definition) is 1. The number of ether oxygens (including phenoxy) is 2. The first kappa shape index (κ1) is 15.1. The Balaban J connectivity index is 2.07. The molecule has 6 atom stereocenters. The van der Waals surface area contributed by atoms with Gasteiger partial charge in [-0.2, -0.15) is 0 Å². The quantitative estimate of drug-likeness (QED) is 0.638. The Labute approximate surface area is 123 Å². The van der Waals surface area contributed by atoms with Gasteiger partial charge in [-0.25, -0.2) is 0 Å². The van der Waals surface area contributed by atoms with E-state index in [1.807, 2.05) is 6.08 Å². The van der Waals surface area contributed by atoms with Crippen LogP contribution in [-0.4, -0.2) is 40.5 Å². The summed E-state index contributed by atoms with van der Waals surface area (Å²) in [6.07, 6.45) is 11.6. The molecule has 0 aromatic heterocycles. The molecule has 2 bridgehead atoms. The lowest BCUT2D eigenvalue weighted by Crippen LogP contribution is -2.38. The monoisotopic (exact) mass is 328 g/mol. The second-order valence-electron chi connectivity index (χ2n) is 5.19. The summed E-state index contributed by atoms with van der Waals surface area (Å²) in [7, 11) is 0. The molecule has 2 rings (SSSR count). The molecule has 0 aromatic rings. The molecule has 4 heteroatoms. The molecule has 0 saturated carbocycles. The minimum absolute atomic E-state index is 0.00361. The summed E-state index contributed by atoms with van der Waals surface area (Å²) in [6.45, 7) is 2.10. The largest absolute Gasteiger partial charge is 0.390 e. The van der Waals surface area contributed by atoms with Crippen LogP contribution >= 0.6 is 15.9 Å². The Morgan fingerprint density at radius 1 is 1.32 bits per heavy atom. The number of fused-ring (bicyclic) bond motifs is 2. The van der Waals surface area contributed by atoms with Crippen molar-refractivity contribution in [1.29, 1.82) is 0 Å². The summed E-state index contributed by atoms with van der Waals surface area (Å²) in [5, 5.41) is 10.2. The molecule has 1 N–H and O–H groups in total. The van der Waals surface area contributed by atoms with E-state index in [1.54, 1.807) is 6.08 Å². The standard InChI is InChI=1S/C15H21BrO3/c1-3-5-6-7-13-15-9-14(19-13)11(17)8-10(16)12(4-2)18-15/h1,5-6,10-15,17H,4,7-9H2,2H3. The molecule has 19 heavy (non-hydrogen) atoms. The van der Waals surface area contributed by atoms with E-state index >= 15 is 0 Å². The van der Waals surface area contributed by atoms with E-state index in [9.17, 15) is 5.11 Å². The van der Waals surface area contributed by atoms with Crippen LogP contribution in [0.2, 0.25) is 0 Å². The van der Waals surface area contributed by atoms with Crippen molar-refractivity contribution in [3.05, 3.63) is 12.2 Å². The number of hydrogen-bond acceptors (Lipinski definition) is 3. The van der Waals surface area contributed by atoms with Crippen molar-refractivity contribution in [2.45, 2.75) is 68.0 Å². The normalized spacial score (nSPS) is 42.8. The zero-order valence-electron chi connectivity index (χ0n) is 11.2. The van der Waals surface area contributed by atoms with Crippen LogP contribution in [0.5, 0.6) is 0 Å². The summed E-state index contributed by atoms with van der Waals surface area (Å²) >= 11 is 3.63. The Hall–Kier alpha value is -0.340. The topological polar surface area (TPSA) is 38.7 Å². The fourth-order valence-corrected chi connectivity index (χ4v) is 3.69. The summed E-state index contributed by atoms with van der Waals surface area (Å²) in [5.74, 6) is 2.48. The second-order valence-corrected chi connectivity index (χ2v) is 6.37. The van der Waals surface area contributed by atoms with Crippen molar-refractivity contribution in [2.24, 2.45) is 0 Å². The molecule has 0 spiro atoms. The van der Waals surface area contributed by atoms with Crippen LogP contribution in [0.4, 0.5) is 0 Å². The van der Waals surface area contributed by atoms with Gasteiger partial charge in [0.05, 0.1) is 30.5 Å². The smallest absolute Gasteiger partial charge is 0.0877 e. The number of halogens is 1. The van der Waals surface area contributed by atoms with Crippen LogP contribution in [0.25, 0.3) is 0 Å². The minimum atomic E-state index is -0.425. The highest BCUT2D eigenvalue weighted by atomic mass is 79.9. The van der Waals surface area contributed by atoms with Gasteiger partial charge in [0.1, 0.15) is 0 Å². The summed E-state index contributed by atoms with van der Waals surface area (Å²) < 4.78 is 12.1. The third-order valence-corrected chi connectivity index (χ3v) is 4.83. The number of rotatable bonds is 3. The highest BCUT2D eigenvalue weighted by molar-refractivity contribution is 9.09. The molecular formula is C15H21BrO3. The lowest BCUT2D eigenvalue weighted by atomic mass is 9.97. The van der Waals surface area contributed by atoms with E-state index in [0.717, 1.165) is 19.3 Å². The van der Waals surface area contributed by atoms with Crippen molar-refractivity contribution in [2.75, 3.05) is 0 Å². The highest BCUT2D eigenvalue weighted by Crippen LogP contribution is 2.35. The van der Waals surface area contributed by atoms with Gasteiger partial charge >= 0.3 is 0 Å². The molecule has 0 aromatic carbocycles. The van der Waals surface area contributed by atoms with E-state index in [4.69, 9.17) is 15.9 Å². The first-order valence-corrected chi connectivity index (χ1v) is 7.81. The Morgan fingerprint density at radius 3 is 2.74 bits per heavy atom. The van der Waals surface area contributed by atoms with Crippen molar-refractivity contribution in [3.63, 3.8) is 0 Å². The fraction of sp³-hybridized carbons (Fsp3) is 0.733. The average molecular weight is 329 g/mol. The van der Waals surface area contributed by atoms with Crippen LogP contribution in [0.15, 0.2) is 12.2 Å². The van der Waals surface area contributed by atoms with Crippen molar-refractivity contribution >= 4 is 15.9 Å². The molecule has 3 nitrogen and oxygen atoms in total. The van der Waals surface area contributed by atoms with Crippen molar-refractivity contribution < 1.29 is 14.6 Å². The van der Waals surface area contributed by atoms with E-state index < -0.39 is 6.10 Å². The van der Waals surface area contributed by atoms with Crippen LogP contribution < -0.4 is 0 Å². The van der Waals surface area contributed by atoms with Gasteiger partial charge in [0, 0.05) is 11.2 Å². The maximum Gasteiger partial charge on any atom is 0.0877 e. The lowest BCUT2D eigenvalue weighted by molar-refractivity contribution is -0.0532. The van der Waals surface area contributed by atoms with Crippen LogP contribution in [0.3, 0.4) is 0 Å². The molecule has 2 aliphatic rings. The predicted molar refractivity (Wildman–Crippen MR) is 78.2 cm³/mol. The van der Waals surface area contributed by atoms with Gasteiger partial charge < -0.3 is 14.6 Å². The maximum absolute atomic E-state index is 10.2. The molecule has 0 amide bonds. The molecule has 106 valence electrons. The molecule has 2 heterocycles. The second kappa shape index (κ2) is 6.90. The Bertz CT molecular complexity index is 363. The van der Waals surface area contributed by atoms with E-state index in [1.165, 1.54) is 0 Å². The molecular weight excluding hydrogens is 308 g/mol. The van der Waals surface area contributed by atoms with Gasteiger partial charge in [-0.15, -0.1) is 6.42 Å². The van der Waals surface area contributed by atoms with Gasteiger partial charge in [-0.3, -0.25) is 0 Å². The lowest BCUT2D eigenvalue weighted by Gasteiger charge is -2.30. The molecule has 2 aliphatic heterocycles. The number of alkyl halides is 1. The molecule has 0 aliphatic carbocycles. The fourth-order valence-electron chi connectivity index (χ4n) is 2.81. The third-order valence-electron chi connectivity index (χ3n) is 3.86. The van der Waals surface area contributed by atoms with Gasteiger partial charge in [-0.05, 0) is 25.3 Å². The Morgan fingerprint density at radius 2 is 2.05 bits per heavy atom. The van der Waals surface area contributed by atoms with E-state index in [0.29, 0.717) is 6.42 Å². The Kier molecular flexibility index (Phi) is 5.47. The predicted octanol–water partition coefficient (Wildman–Crippen LogP) is 2.42. The highest BCUT2D eigenvalue weighted by Gasteiger charge is 2.43. The number of allylic oxidation sites excluding steroid dienone is 1. The van der Waals surface area contributed by atoms with Gasteiger partial charge in [-0.1, -0.05) is 34.9 Å². The van der Waals surface area contributed by atoms with Gasteiger partial charge in [0.15, 0.2) is 0 Å². The number of aliphatic hydroxyl groups excluding tert-OH is 1. The first-order chi connectivity index (χ1) is 9.15. The summed E-state index contributed by atoms with van der Waals surface area (Å²) in [5.41, 5.74) is 0. The third kappa shape index (κ3) is 3.61. The van der Waals surface area contributed by atoms with E-state index in [-0.39, 0.29) is 29.2 Å². The molecule has 2 fully saturated rings. The zero-order valence-corrected chi connectivity index (χ0v) is 12.8. The van der Waals surface area contributed by atoms with Crippen LogP contribution in [0, 0.1) is 12.3 Å². The van der Waals surface area contributed by atoms with Crippen LogP contribution in [-0.2, 0) is 9.47 Å². The number of terminal acetylenes is 1. The number of aliphatic hydroxyl groups is 1. The SMILES string of the molecule is C#CC=CCC1OC2CC1OC(CC)C(Br)CC2O. The molecule has 2 saturated heterocycles. The van der Waals surface area contributed by atoms with Gasteiger partial charge in [0.25, 0.3) is 0 Å². The zero-order chi connectivity index (χ0) is 13.8. The summed E-state index contributed by atoms with van der Waals surface area (Å²) in [4.78, 5) is 0.182. The first-order valence-electron chi connectivity index (χ1n) is 6.89. The minimum Gasteiger partial charge on any atom is -0.390 e. The molecule has 0 radical (unpaired) electrons. The molecule has 6 unspecified atom stereocenters. The van der Waals surface area contributed by atoms with Crippen molar-refractivity contribution in [1.82, 2.24) is 0 Å². The van der Waals surface area contributed by atoms with Crippen molar-refractivity contribution in [3.8, 4) is 12.3 Å². The van der Waals surface area contributed by atoms with Crippen LogP contribution in [0.1, 0.15) is 32.6 Å². The van der Waals surface area contributed by atoms with E-state index in [2.05, 4.69) is 28.8 Å². The summed E-state index contributed by atoms with van der Waals surface area (Å²) in [6, 6.07) is 0. The maximum atomic E-state index is 10.2.